The number of nitrogens with one attached hydrogen (secondary N) is 1. The lowest BCUT2D eigenvalue weighted by Crippen LogP contribution is -2.56. The third-order valence-electron chi connectivity index (χ3n) is 2.29. The van der Waals surface area contributed by atoms with Gasteiger partial charge in [-0.3, -0.25) is 4.79 Å². The smallest absolute Gasteiger partial charge is 0.354 e. The van der Waals surface area contributed by atoms with Gasteiger partial charge in [-0.25, -0.2) is 0 Å². The minimum Gasteiger partial charge on any atom is -0.354 e. The molecule has 16 heavy (non-hydrogen) atoms. The molecular formula is C8H11F5N2O. The fourth-order valence-electron chi connectivity index (χ4n) is 1.04. The molecule has 0 bridgehead atoms. The molecule has 94 valence electrons. The van der Waals surface area contributed by atoms with Crippen LogP contribution in [0.5, 0.6) is 0 Å². The maximum absolute atomic E-state index is 12.6. The number of alkyl halides is 5. The molecule has 1 aliphatic rings. The zero-order valence-corrected chi connectivity index (χ0v) is 8.15. The summed E-state index contributed by atoms with van der Waals surface area (Å²) in [6.45, 7) is -0.887. The average molecular weight is 246 g/mol. The topological polar surface area (TPSA) is 55.1 Å². The minimum absolute atomic E-state index is 0.258. The third kappa shape index (κ3) is 2.81. The van der Waals surface area contributed by atoms with Crippen LogP contribution >= 0.6 is 0 Å². The molecule has 0 aromatic carbocycles. The van der Waals surface area contributed by atoms with Gasteiger partial charge in [-0.1, -0.05) is 0 Å². The van der Waals surface area contributed by atoms with Crippen LogP contribution in [0.15, 0.2) is 0 Å². The molecule has 0 saturated heterocycles. The number of carbonyl (C=O) groups is 1. The maximum Gasteiger partial charge on any atom is 0.455 e. The second kappa shape index (κ2) is 4.15. The Hall–Kier alpha value is -0.920. The molecule has 1 rings (SSSR count). The first-order valence-corrected chi connectivity index (χ1v) is 4.64. The van der Waals surface area contributed by atoms with E-state index in [9.17, 15) is 26.7 Å². The van der Waals surface area contributed by atoms with Crippen molar-refractivity contribution in [2.24, 2.45) is 11.7 Å². The van der Waals surface area contributed by atoms with Crippen molar-refractivity contribution < 1.29 is 26.7 Å². The largest absolute Gasteiger partial charge is 0.455 e. The quantitative estimate of drug-likeness (QED) is 0.728. The Morgan fingerprint density at radius 1 is 1.31 bits per heavy atom. The first-order chi connectivity index (χ1) is 7.16. The van der Waals surface area contributed by atoms with Gasteiger partial charge >= 0.3 is 12.1 Å². The molecule has 1 fully saturated rings. The van der Waals surface area contributed by atoms with Crippen LogP contribution in [0.2, 0.25) is 0 Å². The van der Waals surface area contributed by atoms with Crippen molar-refractivity contribution in [3.8, 4) is 0 Å². The third-order valence-corrected chi connectivity index (χ3v) is 2.29. The van der Waals surface area contributed by atoms with E-state index in [0.717, 1.165) is 0 Å². The Bertz CT molecular complexity index is 274. The van der Waals surface area contributed by atoms with Crippen LogP contribution in [0.4, 0.5) is 22.0 Å². The van der Waals surface area contributed by atoms with Crippen LogP contribution in [0.3, 0.4) is 0 Å². The van der Waals surface area contributed by atoms with E-state index in [1.807, 2.05) is 5.32 Å². The molecule has 1 amide bonds. The van der Waals surface area contributed by atoms with Gasteiger partial charge in [-0.05, 0) is 12.8 Å². The summed E-state index contributed by atoms with van der Waals surface area (Å²) in [5, 5.41) is 1.98. The standard InChI is InChI=1S/C8H11F5N2O/c9-7(10,8(11,12)13)5(14)3-15-6(16)4-1-2-4/h4-5H,1-3,14H2,(H,15,16). The molecule has 0 aromatic rings. The van der Waals surface area contributed by atoms with E-state index in [1.54, 1.807) is 0 Å². The number of hydrogen-bond donors (Lipinski definition) is 2. The predicted octanol–water partition coefficient (Wildman–Crippen LogP) is 1.04. The molecule has 1 atom stereocenters. The monoisotopic (exact) mass is 246 g/mol. The van der Waals surface area contributed by atoms with Crippen LogP contribution in [0.25, 0.3) is 0 Å². The Labute approximate surface area is 88.2 Å². The van der Waals surface area contributed by atoms with Gasteiger partial charge in [-0.15, -0.1) is 0 Å². The Morgan fingerprint density at radius 3 is 2.19 bits per heavy atom. The zero-order chi connectivity index (χ0) is 12.6. The summed E-state index contributed by atoms with van der Waals surface area (Å²) in [6, 6.07) is -2.46. The highest BCUT2D eigenvalue weighted by Crippen LogP contribution is 2.37. The Balaban J connectivity index is 2.44. The molecule has 1 aliphatic carbocycles. The summed E-state index contributed by atoms with van der Waals surface area (Å²) in [7, 11) is 0. The highest BCUT2D eigenvalue weighted by atomic mass is 19.4. The van der Waals surface area contributed by atoms with Gasteiger partial charge in [0.15, 0.2) is 0 Å². The summed E-state index contributed by atoms with van der Waals surface area (Å²) in [4.78, 5) is 11.0. The molecule has 3 N–H and O–H groups in total. The molecule has 0 radical (unpaired) electrons. The minimum atomic E-state index is -5.70. The Kier molecular flexibility index (Phi) is 3.41. The Morgan fingerprint density at radius 2 is 1.81 bits per heavy atom. The van der Waals surface area contributed by atoms with Crippen molar-refractivity contribution >= 4 is 5.91 Å². The molecule has 1 saturated carbocycles. The molecule has 1 unspecified atom stereocenters. The van der Waals surface area contributed by atoms with Crippen molar-refractivity contribution in [3.63, 3.8) is 0 Å². The summed E-state index contributed by atoms with van der Waals surface area (Å²) in [6.07, 6.45) is -4.43. The molecule has 0 aliphatic heterocycles. The van der Waals surface area contributed by atoms with Crippen LogP contribution < -0.4 is 11.1 Å². The van der Waals surface area contributed by atoms with E-state index in [2.05, 4.69) is 0 Å². The van der Waals surface area contributed by atoms with Crippen LogP contribution in [-0.2, 0) is 4.79 Å². The summed E-state index contributed by atoms with van der Waals surface area (Å²) < 4.78 is 60.7. The van der Waals surface area contributed by atoms with Gasteiger partial charge in [0, 0.05) is 12.5 Å². The van der Waals surface area contributed by atoms with Gasteiger partial charge in [0.1, 0.15) is 0 Å². The van der Waals surface area contributed by atoms with Crippen LogP contribution in [-0.4, -0.2) is 30.6 Å². The number of nitrogens with two attached hydrogens (primary N) is 1. The number of hydrogen-bond acceptors (Lipinski definition) is 2. The predicted molar refractivity (Wildman–Crippen MR) is 44.7 cm³/mol. The van der Waals surface area contributed by atoms with E-state index < -0.39 is 30.6 Å². The zero-order valence-electron chi connectivity index (χ0n) is 8.15. The number of rotatable bonds is 4. The molecule has 8 heteroatoms. The van der Waals surface area contributed by atoms with Crippen molar-refractivity contribution in [2.45, 2.75) is 31.0 Å². The van der Waals surface area contributed by atoms with Gasteiger partial charge in [0.25, 0.3) is 0 Å². The number of carbonyl (C=O) groups excluding carboxylic acids is 1. The van der Waals surface area contributed by atoms with Gasteiger partial charge in [0.2, 0.25) is 5.91 Å². The number of halogens is 5. The summed E-state index contributed by atoms with van der Waals surface area (Å²) in [5.74, 6) is -5.77. The van der Waals surface area contributed by atoms with Gasteiger partial charge in [0.05, 0.1) is 6.04 Å². The maximum atomic E-state index is 12.6. The van der Waals surface area contributed by atoms with Gasteiger partial charge < -0.3 is 11.1 Å². The van der Waals surface area contributed by atoms with E-state index in [0.29, 0.717) is 12.8 Å². The second-order valence-electron chi connectivity index (χ2n) is 3.75. The van der Waals surface area contributed by atoms with Crippen molar-refractivity contribution in [1.29, 1.82) is 0 Å². The van der Waals surface area contributed by atoms with Crippen LogP contribution in [0, 0.1) is 5.92 Å². The van der Waals surface area contributed by atoms with Crippen molar-refractivity contribution in [3.05, 3.63) is 0 Å². The fourth-order valence-corrected chi connectivity index (χ4v) is 1.04. The van der Waals surface area contributed by atoms with Crippen molar-refractivity contribution in [2.75, 3.05) is 6.54 Å². The summed E-state index contributed by atoms with van der Waals surface area (Å²) >= 11 is 0. The van der Waals surface area contributed by atoms with Crippen LogP contribution in [0.1, 0.15) is 12.8 Å². The highest BCUT2D eigenvalue weighted by molar-refractivity contribution is 5.80. The first kappa shape index (κ1) is 13.1. The summed E-state index contributed by atoms with van der Waals surface area (Å²) in [5.41, 5.74) is 4.72. The fraction of sp³-hybridized carbons (Fsp3) is 0.875. The lowest BCUT2D eigenvalue weighted by atomic mass is 10.1. The SMILES string of the molecule is NC(CNC(=O)C1CC1)C(F)(F)C(F)(F)F. The first-order valence-electron chi connectivity index (χ1n) is 4.64. The van der Waals surface area contributed by atoms with Gasteiger partial charge in [-0.2, -0.15) is 22.0 Å². The highest BCUT2D eigenvalue weighted by Gasteiger charge is 2.61. The number of amides is 1. The molecule has 0 aromatic heterocycles. The molecule has 0 heterocycles. The van der Waals surface area contributed by atoms with E-state index >= 15 is 0 Å². The molecule has 0 spiro atoms. The van der Waals surface area contributed by atoms with E-state index in [-0.39, 0.29) is 5.92 Å². The molecule has 3 nitrogen and oxygen atoms in total. The second-order valence-corrected chi connectivity index (χ2v) is 3.75. The normalized spacial score (nSPS) is 19.4. The van der Waals surface area contributed by atoms with E-state index in [4.69, 9.17) is 5.73 Å². The molecular weight excluding hydrogens is 235 g/mol. The lowest BCUT2D eigenvalue weighted by molar-refractivity contribution is -0.289. The van der Waals surface area contributed by atoms with E-state index in [1.165, 1.54) is 0 Å². The average Bonchev–Trinajstić information content (AvgIpc) is 2.94. The van der Waals surface area contributed by atoms with Crippen molar-refractivity contribution in [1.82, 2.24) is 5.32 Å². The lowest BCUT2D eigenvalue weighted by Gasteiger charge is -2.25.